The number of aryl methyl sites for hydroxylation is 1. The van der Waals surface area contributed by atoms with Crippen LogP contribution in [0.1, 0.15) is 24.4 Å². The maximum atomic E-state index is 6.29. The van der Waals surface area contributed by atoms with Gasteiger partial charge in [0.05, 0.1) is 17.3 Å². The molecule has 0 bridgehead atoms. The molecule has 0 spiro atoms. The second-order valence-corrected chi connectivity index (χ2v) is 7.89. The van der Waals surface area contributed by atoms with Gasteiger partial charge in [-0.15, -0.1) is 11.3 Å². The van der Waals surface area contributed by atoms with Crippen molar-refractivity contribution in [2.24, 2.45) is 5.92 Å². The van der Waals surface area contributed by atoms with Crippen LogP contribution in [0.2, 0.25) is 5.02 Å². The number of anilines is 2. The predicted molar refractivity (Wildman–Crippen MR) is 110 cm³/mol. The first-order valence-electron chi connectivity index (χ1n) is 8.55. The van der Waals surface area contributed by atoms with E-state index in [1.807, 2.05) is 37.3 Å². The number of hydrogen-bond donors (Lipinski definition) is 2. The second kappa shape index (κ2) is 8.47. The number of nitrogens with zero attached hydrogens (tertiary/aromatic N) is 3. The monoisotopic (exact) mass is 387 g/mol. The van der Waals surface area contributed by atoms with Crippen LogP contribution in [0.3, 0.4) is 0 Å². The molecule has 5 nitrogen and oxygen atoms in total. The van der Waals surface area contributed by atoms with E-state index in [4.69, 9.17) is 11.6 Å². The molecule has 136 valence electrons. The maximum absolute atomic E-state index is 6.29. The van der Waals surface area contributed by atoms with Crippen molar-refractivity contribution in [3.63, 3.8) is 0 Å². The first-order chi connectivity index (χ1) is 12.5. The van der Waals surface area contributed by atoms with Gasteiger partial charge in [-0.2, -0.15) is 4.98 Å². The summed E-state index contributed by atoms with van der Waals surface area (Å²) in [5.74, 6) is 1.97. The van der Waals surface area contributed by atoms with E-state index in [0.29, 0.717) is 18.4 Å². The molecule has 0 saturated heterocycles. The van der Waals surface area contributed by atoms with E-state index in [9.17, 15) is 0 Å². The first kappa shape index (κ1) is 18.6. The minimum atomic E-state index is 0.540. The van der Waals surface area contributed by atoms with Gasteiger partial charge in [0.25, 0.3) is 0 Å². The van der Waals surface area contributed by atoms with E-state index in [0.717, 1.165) is 38.5 Å². The standard InChI is InChI=1S/C19H22ClN5S/c1-12(2)10-23-19-21-9-8-17(25-19)22-11-16-13(3)24-18(26-16)14-6-4-5-7-15(14)20/h4-9,12H,10-11H2,1-3H3,(H2,21,22,23,25). The zero-order valence-electron chi connectivity index (χ0n) is 15.1. The average molecular weight is 388 g/mol. The highest BCUT2D eigenvalue weighted by Crippen LogP contribution is 2.32. The van der Waals surface area contributed by atoms with Crippen LogP contribution < -0.4 is 10.6 Å². The lowest BCUT2D eigenvalue weighted by atomic mass is 10.2. The van der Waals surface area contributed by atoms with Gasteiger partial charge in [0, 0.05) is 23.2 Å². The Bertz CT molecular complexity index is 878. The fourth-order valence-corrected chi connectivity index (χ4v) is 3.67. The number of hydrogen-bond acceptors (Lipinski definition) is 6. The number of rotatable bonds is 7. The summed E-state index contributed by atoms with van der Waals surface area (Å²) in [5.41, 5.74) is 1.97. The third-order valence-corrected chi connectivity index (χ3v) is 5.27. The molecule has 0 aliphatic heterocycles. The van der Waals surface area contributed by atoms with Gasteiger partial charge in [0.15, 0.2) is 0 Å². The van der Waals surface area contributed by atoms with Crippen molar-refractivity contribution in [2.75, 3.05) is 17.2 Å². The summed E-state index contributed by atoms with van der Waals surface area (Å²) in [7, 11) is 0. The molecule has 0 unspecified atom stereocenters. The molecule has 0 saturated carbocycles. The Morgan fingerprint density at radius 3 is 2.69 bits per heavy atom. The summed E-state index contributed by atoms with van der Waals surface area (Å²) in [5, 5.41) is 8.25. The Kier molecular flexibility index (Phi) is 6.06. The van der Waals surface area contributed by atoms with Crippen LogP contribution >= 0.6 is 22.9 Å². The zero-order valence-corrected chi connectivity index (χ0v) is 16.7. The van der Waals surface area contributed by atoms with Gasteiger partial charge in [-0.25, -0.2) is 9.97 Å². The molecule has 2 heterocycles. The lowest BCUT2D eigenvalue weighted by Crippen LogP contribution is -2.11. The third kappa shape index (κ3) is 4.71. The zero-order chi connectivity index (χ0) is 18.5. The fourth-order valence-electron chi connectivity index (χ4n) is 2.35. The fraction of sp³-hybridized carbons (Fsp3) is 0.316. The highest BCUT2D eigenvalue weighted by atomic mass is 35.5. The number of nitrogens with one attached hydrogen (secondary N) is 2. The van der Waals surface area contributed by atoms with E-state index in [2.05, 4.69) is 39.4 Å². The molecule has 0 aliphatic rings. The van der Waals surface area contributed by atoms with Crippen molar-refractivity contribution in [1.82, 2.24) is 15.0 Å². The summed E-state index contributed by atoms with van der Waals surface area (Å²) >= 11 is 7.94. The van der Waals surface area contributed by atoms with Crippen molar-refractivity contribution in [3.8, 4) is 10.6 Å². The smallest absolute Gasteiger partial charge is 0.224 e. The number of thiazole rings is 1. The summed E-state index contributed by atoms with van der Waals surface area (Å²) in [6.07, 6.45) is 1.76. The van der Waals surface area contributed by atoms with Crippen molar-refractivity contribution < 1.29 is 0 Å². The van der Waals surface area contributed by atoms with E-state index in [-0.39, 0.29) is 0 Å². The third-order valence-electron chi connectivity index (χ3n) is 3.75. The van der Waals surface area contributed by atoms with Gasteiger partial charge >= 0.3 is 0 Å². The normalized spacial score (nSPS) is 11.0. The SMILES string of the molecule is Cc1nc(-c2ccccc2Cl)sc1CNc1ccnc(NCC(C)C)n1. The van der Waals surface area contributed by atoms with Gasteiger partial charge in [0.2, 0.25) is 5.95 Å². The molecule has 1 aromatic carbocycles. The minimum absolute atomic E-state index is 0.540. The molecule has 0 aliphatic carbocycles. The lowest BCUT2D eigenvalue weighted by Gasteiger charge is -2.09. The Balaban J connectivity index is 1.69. The van der Waals surface area contributed by atoms with Crippen molar-refractivity contribution in [3.05, 3.63) is 52.1 Å². The molecule has 0 amide bonds. The number of benzene rings is 1. The average Bonchev–Trinajstić information content (AvgIpc) is 2.99. The van der Waals surface area contributed by atoms with Crippen LogP contribution in [0, 0.1) is 12.8 Å². The molecule has 3 rings (SSSR count). The largest absolute Gasteiger partial charge is 0.365 e. The van der Waals surface area contributed by atoms with Crippen LogP contribution in [0.5, 0.6) is 0 Å². The Hall–Kier alpha value is -2.18. The number of halogens is 1. The van der Waals surface area contributed by atoms with Gasteiger partial charge in [-0.05, 0) is 25.0 Å². The molecule has 7 heteroatoms. The Morgan fingerprint density at radius 2 is 1.92 bits per heavy atom. The molecular formula is C19H22ClN5S. The van der Waals surface area contributed by atoms with E-state index in [1.54, 1.807) is 17.5 Å². The molecule has 2 aromatic heterocycles. The van der Waals surface area contributed by atoms with E-state index in [1.165, 1.54) is 0 Å². The quantitative estimate of drug-likeness (QED) is 0.580. The Morgan fingerprint density at radius 1 is 1.12 bits per heavy atom. The van der Waals surface area contributed by atoms with Gasteiger partial charge < -0.3 is 10.6 Å². The minimum Gasteiger partial charge on any atom is -0.365 e. The number of aromatic nitrogens is 3. The van der Waals surface area contributed by atoms with Crippen LogP contribution in [0.25, 0.3) is 10.6 Å². The van der Waals surface area contributed by atoms with E-state index >= 15 is 0 Å². The summed E-state index contributed by atoms with van der Waals surface area (Å²) in [6.45, 7) is 7.83. The summed E-state index contributed by atoms with van der Waals surface area (Å²) < 4.78 is 0. The molecule has 26 heavy (non-hydrogen) atoms. The first-order valence-corrected chi connectivity index (χ1v) is 9.74. The predicted octanol–water partition coefficient (Wildman–Crippen LogP) is 5.24. The maximum Gasteiger partial charge on any atom is 0.224 e. The summed E-state index contributed by atoms with van der Waals surface area (Å²) in [6, 6.07) is 9.65. The molecule has 0 atom stereocenters. The lowest BCUT2D eigenvalue weighted by molar-refractivity contribution is 0.684. The van der Waals surface area contributed by atoms with Gasteiger partial charge in [-0.3, -0.25) is 0 Å². The van der Waals surface area contributed by atoms with Crippen molar-refractivity contribution in [1.29, 1.82) is 0 Å². The van der Waals surface area contributed by atoms with E-state index < -0.39 is 0 Å². The van der Waals surface area contributed by atoms with Crippen LogP contribution in [0.4, 0.5) is 11.8 Å². The van der Waals surface area contributed by atoms with Crippen LogP contribution in [0.15, 0.2) is 36.5 Å². The van der Waals surface area contributed by atoms with Crippen molar-refractivity contribution in [2.45, 2.75) is 27.3 Å². The molecule has 0 fully saturated rings. The highest BCUT2D eigenvalue weighted by molar-refractivity contribution is 7.15. The summed E-state index contributed by atoms with van der Waals surface area (Å²) in [4.78, 5) is 14.6. The van der Waals surface area contributed by atoms with Crippen LogP contribution in [-0.4, -0.2) is 21.5 Å². The highest BCUT2D eigenvalue weighted by Gasteiger charge is 2.12. The molecule has 2 N–H and O–H groups in total. The van der Waals surface area contributed by atoms with Crippen LogP contribution in [-0.2, 0) is 6.54 Å². The van der Waals surface area contributed by atoms with Gasteiger partial charge in [0.1, 0.15) is 10.8 Å². The van der Waals surface area contributed by atoms with Gasteiger partial charge in [-0.1, -0.05) is 43.6 Å². The molecule has 3 aromatic rings. The Labute approximate surface area is 162 Å². The second-order valence-electron chi connectivity index (χ2n) is 6.40. The molecular weight excluding hydrogens is 366 g/mol. The molecule has 0 radical (unpaired) electrons. The topological polar surface area (TPSA) is 62.7 Å². The van der Waals surface area contributed by atoms with Crippen molar-refractivity contribution >= 4 is 34.7 Å².